The predicted molar refractivity (Wildman–Crippen MR) is 80.0 cm³/mol. The minimum absolute atomic E-state index is 0.149. The van der Waals surface area contributed by atoms with Gasteiger partial charge in [-0.05, 0) is 53.9 Å². The van der Waals surface area contributed by atoms with E-state index in [1.807, 2.05) is 6.07 Å². The Morgan fingerprint density at radius 3 is 2.59 bits per heavy atom. The Bertz CT molecular complexity index is 366. The summed E-state index contributed by atoms with van der Waals surface area (Å²) < 4.78 is 6.21. The quantitative estimate of drug-likeness (QED) is 0.767. The summed E-state index contributed by atoms with van der Waals surface area (Å²) in [7, 11) is 1.68. The maximum atomic E-state index is 5.21. The summed E-state index contributed by atoms with van der Waals surface area (Å²) in [6, 6.07) is 6.16. The van der Waals surface area contributed by atoms with Gasteiger partial charge in [-0.1, -0.05) is 22.0 Å². The summed E-state index contributed by atoms with van der Waals surface area (Å²) in [5.41, 5.74) is 1.40. The second-order valence-electron chi connectivity index (χ2n) is 4.65. The van der Waals surface area contributed by atoms with E-state index in [0.29, 0.717) is 0 Å². The molecule has 0 aliphatic heterocycles. The number of nitrogens with one attached hydrogen (secondary N) is 1. The molecule has 0 unspecified atom stereocenters. The van der Waals surface area contributed by atoms with Crippen LogP contribution in [0.4, 0.5) is 0 Å². The lowest BCUT2D eigenvalue weighted by Crippen LogP contribution is -2.38. The molecule has 4 heteroatoms. The third-order valence-corrected chi connectivity index (χ3v) is 3.72. The highest BCUT2D eigenvalue weighted by atomic mass is 79.9. The molecule has 0 aromatic heterocycles. The molecule has 0 saturated heterocycles. The van der Waals surface area contributed by atoms with Gasteiger partial charge in [0.2, 0.25) is 0 Å². The molecule has 0 fully saturated rings. The van der Waals surface area contributed by atoms with E-state index in [9.17, 15) is 0 Å². The highest BCUT2D eigenvalue weighted by Gasteiger charge is 2.15. The molecule has 0 spiro atoms. The first-order chi connectivity index (χ1) is 7.98. The van der Waals surface area contributed by atoms with Gasteiger partial charge in [-0.2, -0.15) is 0 Å². The molecule has 0 saturated carbocycles. The van der Waals surface area contributed by atoms with E-state index in [-0.39, 0.29) is 5.54 Å². The van der Waals surface area contributed by atoms with Gasteiger partial charge in [-0.25, -0.2) is 0 Å². The Labute approximate surface area is 120 Å². The molecule has 0 heterocycles. The molecule has 17 heavy (non-hydrogen) atoms. The molecule has 96 valence electrons. The Morgan fingerprint density at radius 2 is 2.06 bits per heavy atom. The van der Waals surface area contributed by atoms with Crippen molar-refractivity contribution in [3.05, 3.63) is 28.2 Å². The molecule has 0 bridgehead atoms. The van der Waals surface area contributed by atoms with Crippen molar-refractivity contribution in [3.63, 3.8) is 0 Å². The Hall–Kier alpha value is -0.0600. The zero-order valence-electron chi connectivity index (χ0n) is 10.5. The Kier molecular flexibility index (Phi) is 5.97. The van der Waals surface area contributed by atoms with Crippen LogP contribution in [0, 0.1) is 0 Å². The monoisotopic (exact) mass is 363 g/mol. The third-order valence-electron chi connectivity index (χ3n) is 2.71. The summed E-state index contributed by atoms with van der Waals surface area (Å²) in [6.45, 7) is 5.29. The van der Waals surface area contributed by atoms with Crippen LogP contribution in [0.1, 0.15) is 25.8 Å². The number of benzene rings is 1. The lowest BCUT2D eigenvalue weighted by molar-refractivity contribution is 0.377. The van der Waals surface area contributed by atoms with Crippen LogP contribution in [0.25, 0.3) is 0 Å². The Balaban J connectivity index is 2.61. The first-order valence-electron chi connectivity index (χ1n) is 5.62. The zero-order valence-corrected chi connectivity index (χ0v) is 13.7. The molecule has 0 aliphatic rings. The second kappa shape index (κ2) is 6.76. The van der Waals surface area contributed by atoms with Gasteiger partial charge in [-0.3, -0.25) is 0 Å². The lowest BCUT2D eigenvalue weighted by atomic mass is 10.0. The molecular weight excluding hydrogens is 346 g/mol. The predicted octanol–water partition coefficient (Wildman–Crippen LogP) is 4.11. The molecule has 1 rings (SSSR count). The van der Waals surface area contributed by atoms with E-state index in [0.717, 1.165) is 28.5 Å². The highest BCUT2D eigenvalue weighted by Crippen LogP contribution is 2.25. The van der Waals surface area contributed by atoms with Crippen LogP contribution < -0.4 is 10.1 Å². The van der Waals surface area contributed by atoms with E-state index >= 15 is 0 Å². The highest BCUT2D eigenvalue weighted by molar-refractivity contribution is 9.10. The van der Waals surface area contributed by atoms with Gasteiger partial charge in [0.1, 0.15) is 5.75 Å². The van der Waals surface area contributed by atoms with Gasteiger partial charge in [0, 0.05) is 17.4 Å². The third kappa shape index (κ3) is 4.98. The van der Waals surface area contributed by atoms with Crippen LogP contribution in [0.5, 0.6) is 5.75 Å². The standard InChI is InChI=1S/C13H19Br2NO/c1-13(2,6-7-14)16-9-10-4-5-12(17-3)11(15)8-10/h4-5,8,16H,6-7,9H2,1-3H3. The molecule has 1 aromatic rings. The minimum Gasteiger partial charge on any atom is -0.496 e. The lowest BCUT2D eigenvalue weighted by Gasteiger charge is -2.25. The van der Waals surface area contributed by atoms with Crippen molar-refractivity contribution in [2.75, 3.05) is 12.4 Å². The maximum absolute atomic E-state index is 5.21. The van der Waals surface area contributed by atoms with Gasteiger partial charge in [0.15, 0.2) is 0 Å². The van der Waals surface area contributed by atoms with E-state index in [4.69, 9.17) is 4.74 Å². The summed E-state index contributed by atoms with van der Waals surface area (Å²) in [5.74, 6) is 0.869. The van der Waals surface area contributed by atoms with Gasteiger partial charge in [-0.15, -0.1) is 0 Å². The number of rotatable bonds is 6. The average Bonchev–Trinajstić information content (AvgIpc) is 2.27. The fraction of sp³-hybridized carbons (Fsp3) is 0.538. The summed E-state index contributed by atoms with van der Waals surface area (Å²) in [5, 5.41) is 4.56. The first kappa shape index (κ1) is 15.0. The van der Waals surface area contributed by atoms with E-state index in [1.165, 1.54) is 5.56 Å². The van der Waals surface area contributed by atoms with Crippen LogP contribution in [0.2, 0.25) is 0 Å². The summed E-state index contributed by atoms with van der Waals surface area (Å²) in [6.07, 6.45) is 1.10. The first-order valence-corrected chi connectivity index (χ1v) is 7.53. The molecule has 0 atom stereocenters. The van der Waals surface area contributed by atoms with E-state index < -0.39 is 0 Å². The number of alkyl halides is 1. The van der Waals surface area contributed by atoms with Crippen LogP contribution in [-0.4, -0.2) is 18.0 Å². The number of methoxy groups -OCH3 is 1. The van der Waals surface area contributed by atoms with Crippen LogP contribution >= 0.6 is 31.9 Å². The SMILES string of the molecule is COc1ccc(CNC(C)(C)CCBr)cc1Br. The van der Waals surface area contributed by atoms with Crippen LogP contribution in [0.15, 0.2) is 22.7 Å². The van der Waals surface area contributed by atoms with Gasteiger partial charge in [0.05, 0.1) is 11.6 Å². The fourth-order valence-corrected chi connectivity index (χ4v) is 3.07. The van der Waals surface area contributed by atoms with Crippen molar-refractivity contribution in [2.24, 2.45) is 0 Å². The minimum atomic E-state index is 0.149. The molecule has 2 nitrogen and oxygen atoms in total. The zero-order chi connectivity index (χ0) is 12.9. The average molecular weight is 365 g/mol. The largest absolute Gasteiger partial charge is 0.496 e. The number of hydrogen-bond donors (Lipinski definition) is 1. The molecule has 0 amide bonds. The fourth-order valence-electron chi connectivity index (χ4n) is 1.49. The van der Waals surface area contributed by atoms with Crippen molar-refractivity contribution in [2.45, 2.75) is 32.4 Å². The summed E-state index contributed by atoms with van der Waals surface area (Å²) >= 11 is 6.98. The molecule has 1 N–H and O–H groups in total. The maximum Gasteiger partial charge on any atom is 0.133 e. The molecular formula is C13H19Br2NO. The van der Waals surface area contributed by atoms with Gasteiger partial charge in [0.25, 0.3) is 0 Å². The summed E-state index contributed by atoms with van der Waals surface area (Å²) in [4.78, 5) is 0. The normalized spacial score (nSPS) is 11.6. The van der Waals surface area contributed by atoms with Gasteiger partial charge >= 0.3 is 0 Å². The van der Waals surface area contributed by atoms with Crippen LogP contribution in [-0.2, 0) is 6.54 Å². The number of ether oxygens (including phenoxy) is 1. The number of hydrogen-bond acceptors (Lipinski definition) is 2. The number of halogens is 2. The molecule has 0 aliphatic carbocycles. The van der Waals surface area contributed by atoms with Gasteiger partial charge < -0.3 is 10.1 Å². The second-order valence-corrected chi connectivity index (χ2v) is 6.29. The van der Waals surface area contributed by atoms with Crippen molar-refractivity contribution < 1.29 is 4.74 Å². The Morgan fingerprint density at radius 1 is 1.35 bits per heavy atom. The molecule has 0 radical (unpaired) electrons. The smallest absolute Gasteiger partial charge is 0.133 e. The van der Waals surface area contributed by atoms with Crippen molar-refractivity contribution in [3.8, 4) is 5.75 Å². The van der Waals surface area contributed by atoms with Crippen LogP contribution in [0.3, 0.4) is 0 Å². The topological polar surface area (TPSA) is 21.3 Å². The van der Waals surface area contributed by atoms with Crippen molar-refractivity contribution in [1.29, 1.82) is 0 Å². The molecule has 1 aromatic carbocycles. The van der Waals surface area contributed by atoms with Crippen molar-refractivity contribution in [1.82, 2.24) is 5.32 Å². The van der Waals surface area contributed by atoms with Crippen molar-refractivity contribution >= 4 is 31.9 Å². The van der Waals surface area contributed by atoms with E-state index in [2.05, 4.69) is 63.2 Å². The van der Waals surface area contributed by atoms with E-state index in [1.54, 1.807) is 7.11 Å².